The average molecular weight is 749 g/mol. The van der Waals surface area contributed by atoms with Crippen LogP contribution in [0, 0.1) is 44.4 Å². The first kappa shape index (κ1) is 38.7. The molecule has 0 spiro atoms. The van der Waals surface area contributed by atoms with Crippen LogP contribution in [0.25, 0.3) is 5.57 Å². The van der Waals surface area contributed by atoms with Gasteiger partial charge in [0.2, 0.25) is 0 Å². The SMILES string of the molecule is CC1=C(c2ccccc2)C2CC(C)C([Si](C)(C)C3C(C)CC4C(c5ccc(C(C)(C)C)cc5)CCCC43)C2S1.[CH3-].[CH3-].[Cl][Zr+2][Cl]. The molecular formula is C39H58Cl2SSiZr. The van der Waals surface area contributed by atoms with Gasteiger partial charge in [-0.1, -0.05) is 115 Å². The van der Waals surface area contributed by atoms with Crippen LogP contribution in [-0.4, -0.2) is 13.3 Å². The van der Waals surface area contributed by atoms with E-state index >= 15 is 0 Å². The summed E-state index contributed by atoms with van der Waals surface area (Å²) in [6, 6.07) is 21.2. The van der Waals surface area contributed by atoms with E-state index < -0.39 is 28.9 Å². The zero-order chi connectivity index (χ0) is 30.4. The fourth-order valence-electron chi connectivity index (χ4n) is 10.6. The average Bonchev–Trinajstić information content (AvgIpc) is 3.55. The Kier molecular flexibility index (Phi) is 13.7. The third-order valence-electron chi connectivity index (χ3n) is 11.9. The second kappa shape index (κ2) is 15.6. The van der Waals surface area contributed by atoms with Gasteiger partial charge in [-0.3, -0.25) is 0 Å². The molecule has 0 nitrogen and oxygen atoms in total. The zero-order valence-corrected chi connectivity index (χ0v) is 34.9. The molecule has 2 aromatic rings. The molecule has 2 aromatic carbocycles. The van der Waals surface area contributed by atoms with Gasteiger partial charge < -0.3 is 14.9 Å². The minimum absolute atomic E-state index is 0. The number of fused-ring (bicyclic) bond motifs is 2. The monoisotopic (exact) mass is 746 g/mol. The number of thioether (sulfide) groups is 1. The van der Waals surface area contributed by atoms with Gasteiger partial charge in [-0.25, -0.2) is 0 Å². The van der Waals surface area contributed by atoms with E-state index in [1.54, 1.807) is 16.0 Å². The van der Waals surface area contributed by atoms with Crippen LogP contribution < -0.4 is 0 Å². The van der Waals surface area contributed by atoms with E-state index in [9.17, 15) is 0 Å². The van der Waals surface area contributed by atoms with Crippen LogP contribution in [0.2, 0.25) is 24.2 Å². The molecule has 0 saturated heterocycles. The molecule has 1 heterocycles. The summed E-state index contributed by atoms with van der Waals surface area (Å²) in [7, 11) is 8.34. The molecule has 0 bridgehead atoms. The van der Waals surface area contributed by atoms with Crippen molar-refractivity contribution in [3.63, 3.8) is 0 Å². The number of hydrogen-bond acceptors (Lipinski definition) is 1. The first-order chi connectivity index (χ1) is 19.9. The summed E-state index contributed by atoms with van der Waals surface area (Å²) in [5.41, 5.74) is 8.44. The van der Waals surface area contributed by atoms with E-state index in [1.165, 1.54) is 43.2 Å². The standard InChI is InChI=1S/C37H52SSi.2CH3.2ClH.Zr/c1-23-21-31-29(26-17-19-28(20-18-26)37(4,5)6)15-12-16-30(31)35(23)39(7,8)36-24(2)22-32-33(25(3)38-34(32)36)27-13-10-9-11-14-27;;;;;/h9-11,13-14,17-20,23-24,29-32,34-36H,12,15-16,21-22H2,1-8H3;2*1H3;2*1H;/q;2*-1;;;+4/p-2. The van der Waals surface area contributed by atoms with Crippen molar-refractivity contribution in [1.29, 1.82) is 0 Å². The molecule has 1 aliphatic heterocycles. The number of halogens is 2. The predicted molar refractivity (Wildman–Crippen MR) is 200 cm³/mol. The van der Waals surface area contributed by atoms with Crippen molar-refractivity contribution in [3.05, 3.63) is 91.0 Å². The topological polar surface area (TPSA) is 0 Å². The molecular weight excluding hydrogens is 691 g/mol. The Labute approximate surface area is 296 Å². The molecule has 0 amide bonds. The van der Waals surface area contributed by atoms with E-state index in [2.05, 4.69) is 121 Å². The van der Waals surface area contributed by atoms with Gasteiger partial charge in [-0.15, -0.1) is 11.8 Å². The summed E-state index contributed by atoms with van der Waals surface area (Å²) < 4.78 is 0. The summed E-state index contributed by atoms with van der Waals surface area (Å²) in [5, 5.41) is 0.812. The van der Waals surface area contributed by atoms with E-state index in [1.807, 2.05) is 0 Å². The number of rotatable bonds is 4. The molecule has 9 atom stereocenters. The number of hydrogen-bond donors (Lipinski definition) is 0. The van der Waals surface area contributed by atoms with Crippen LogP contribution in [0.4, 0.5) is 0 Å². The maximum absolute atomic E-state index is 4.93. The second-order valence-electron chi connectivity index (χ2n) is 15.6. The molecule has 9 unspecified atom stereocenters. The van der Waals surface area contributed by atoms with E-state index in [-0.39, 0.29) is 20.3 Å². The molecule has 0 N–H and O–H groups in total. The predicted octanol–water partition coefficient (Wildman–Crippen LogP) is 13.5. The van der Waals surface area contributed by atoms with Gasteiger partial charge in [-0.05, 0) is 105 Å². The Morgan fingerprint density at radius 2 is 1.39 bits per heavy atom. The van der Waals surface area contributed by atoms with Crippen LogP contribution in [0.5, 0.6) is 0 Å². The number of allylic oxidation sites excluding steroid dienone is 2. The molecule has 5 heteroatoms. The van der Waals surface area contributed by atoms with E-state index in [0.717, 1.165) is 51.8 Å². The summed E-state index contributed by atoms with van der Waals surface area (Å²) in [6.07, 6.45) is 7.19. The fourth-order valence-corrected chi connectivity index (χ4v) is 19.8. The quantitative estimate of drug-likeness (QED) is 0.222. The summed E-state index contributed by atoms with van der Waals surface area (Å²) in [5.74, 6) is 5.13. The van der Waals surface area contributed by atoms with Crippen molar-refractivity contribution < 1.29 is 20.8 Å². The van der Waals surface area contributed by atoms with Gasteiger partial charge in [-0.2, -0.15) is 0 Å². The first-order valence-electron chi connectivity index (χ1n) is 16.4. The first-order valence-corrected chi connectivity index (χ1v) is 26.8. The Morgan fingerprint density at radius 1 is 0.795 bits per heavy atom. The molecule has 4 aliphatic rings. The van der Waals surface area contributed by atoms with Crippen molar-refractivity contribution in [2.24, 2.45) is 29.6 Å². The van der Waals surface area contributed by atoms with Crippen LogP contribution in [-0.2, 0) is 26.3 Å². The van der Waals surface area contributed by atoms with Crippen molar-refractivity contribution in [2.45, 2.75) is 114 Å². The van der Waals surface area contributed by atoms with Gasteiger partial charge in [0.15, 0.2) is 0 Å². The van der Waals surface area contributed by atoms with Crippen molar-refractivity contribution in [3.8, 4) is 0 Å². The van der Waals surface area contributed by atoms with Gasteiger partial charge in [0.05, 0.1) is 8.07 Å². The van der Waals surface area contributed by atoms with Crippen molar-refractivity contribution in [1.82, 2.24) is 0 Å². The summed E-state index contributed by atoms with van der Waals surface area (Å²) >= 11 is 1.46. The molecule has 242 valence electrons. The van der Waals surface area contributed by atoms with Crippen LogP contribution in [0.1, 0.15) is 96.3 Å². The van der Waals surface area contributed by atoms with Crippen LogP contribution in [0.15, 0.2) is 59.5 Å². The van der Waals surface area contributed by atoms with Crippen molar-refractivity contribution >= 4 is 42.4 Å². The van der Waals surface area contributed by atoms with Gasteiger partial charge in [0, 0.05) is 5.25 Å². The van der Waals surface area contributed by atoms with Crippen LogP contribution in [0.3, 0.4) is 0 Å². The second-order valence-corrected chi connectivity index (χ2v) is 25.7. The summed E-state index contributed by atoms with van der Waals surface area (Å²) in [6.45, 7) is 20.4. The molecule has 3 aliphatic carbocycles. The zero-order valence-electron chi connectivity index (χ0n) is 29.1. The molecule has 3 fully saturated rings. The molecule has 6 rings (SSSR count). The van der Waals surface area contributed by atoms with Gasteiger partial charge in [0.25, 0.3) is 0 Å². The Bertz CT molecular complexity index is 1240. The van der Waals surface area contributed by atoms with E-state index in [0.29, 0.717) is 0 Å². The molecule has 0 aromatic heterocycles. The normalized spacial score (nSPS) is 32.8. The third-order valence-corrected chi connectivity index (χ3v) is 19.0. The Morgan fingerprint density at radius 3 is 1.98 bits per heavy atom. The van der Waals surface area contributed by atoms with Gasteiger partial charge >= 0.3 is 37.9 Å². The van der Waals surface area contributed by atoms with Crippen molar-refractivity contribution in [2.75, 3.05) is 0 Å². The fraction of sp³-hybridized carbons (Fsp3) is 0.590. The number of benzene rings is 2. The maximum atomic E-state index is 4.93. The van der Waals surface area contributed by atoms with Gasteiger partial charge in [0.1, 0.15) is 0 Å². The Hall–Kier alpha value is 0.210. The molecule has 0 radical (unpaired) electrons. The molecule has 3 saturated carbocycles. The summed E-state index contributed by atoms with van der Waals surface area (Å²) in [4.78, 5) is 1.62. The van der Waals surface area contributed by atoms with E-state index in [4.69, 9.17) is 17.0 Å². The third kappa shape index (κ3) is 7.43. The Balaban J connectivity index is 0.00000102. The van der Waals surface area contributed by atoms with Crippen LogP contribution >= 0.6 is 28.8 Å². The molecule has 44 heavy (non-hydrogen) atoms. The minimum atomic E-state index is -1.53.